The van der Waals surface area contributed by atoms with E-state index in [0.717, 1.165) is 33.8 Å². The molecule has 4 aromatic rings. The van der Waals surface area contributed by atoms with Crippen molar-refractivity contribution in [3.8, 4) is 11.3 Å². The fourth-order valence-electron chi connectivity index (χ4n) is 3.81. The molecule has 0 aliphatic carbocycles. The second-order valence-electron chi connectivity index (χ2n) is 9.40. The fourth-order valence-corrected chi connectivity index (χ4v) is 3.81. The van der Waals surface area contributed by atoms with Crippen molar-refractivity contribution in [3.05, 3.63) is 89.1 Å². The number of amides is 1. The lowest BCUT2D eigenvalue weighted by Crippen LogP contribution is -2.27. The molecule has 0 saturated heterocycles. The third-order valence-electron chi connectivity index (χ3n) is 5.35. The van der Waals surface area contributed by atoms with Crippen LogP contribution in [0.4, 0.5) is 5.82 Å². The largest absolute Gasteiger partial charge is 0.365 e. The quantitative estimate of drug-likeness (QED) is 0.397. The van der Waals surface area contributed by atoms with E-state index in [1.54, 1.807) is 0 Å². The van der Waals surface area contributed by atoms with Crippen molar-refractivity contribution in [2.24, 2.45) is 5.73 Å². The Labute approximate surface area is 194 Å². The summed E-state index contributed by atoms with van der Waals surface area (Å²) in [7, 11) is 0. The molecule has 6 heteroatoms. The SMILES string of the molecule is Cc1cccc(-c2nc3cc(C(=O)NCc4cccc(CN)c4)ccn3c2NC(C)(C)C)c1. The first-order valence-corrected chi connectivity index (χ1v) is 11.2. The van der Waals surface area contributed by atoms with Crippen molar-refractivity contribution in [2.75, 3.05) is 5.32 Å². The average Bonchev–Trinajstić information content (AvgIpc) is 3.13. The number of aromatic nitrogens is 2. The molecule has 0 unspecified atom stereocenters. The zero-order valence-electron chi connectivity index (χ0n) is 19.6. The van der Waals surface area contributed by atoms with Gasteiger partial charge in [0.15, 0.2) is 0 Å². The molecule has 6 nitrogen and oxygen atoms in total. The Morgan fingerprint density at radius 1 is 1.03 bits per heavy atom. The summed E-state index contributed by atoms with van der Waals surface area (Å²) in [6.45, 7) is 9.35. The molecule has 4 N–H and O–H groups in total. The van der Waals surface area contributed by atoms with E-state index >= 15 is 0 Å². The monoisotopic (exact) mass is 441 g/mol. The highest BCUT2D eigenvalue weighted by Gasteiger charge is 2.20. The lowest BCUT2D eigenvalue weighted by Gasteiger charge is -2.22. The van der Waals surface area contributed by atoms with Crippen LogP contribution in [0.15, 0.2) is 66.9 Å². The van der Waals surface area contributed by atoms with Crippen LogP contribution in [-0.4, -0.2) is 20.8 Å². The number of pyridine rings is 1. The van der Waals surface area contributed by atoms with Gasteiger partial charge in [-0.15, -0.1) is 0 Å². The van der Waals surface area contributed by atoms with Gasteiger partial charge >= 0.3 is 0 Å². The molecule has 0 bridgehead atoms. The number of fused-ring (bicyclic) bond motifs is 1. The van der Waals surface area contributed by atoms with E-state index in [2.05, 4.69) is 56.5 Å². The van der Waals surface area contributed by atoms with Gasteiger partial charge in [-0.3, -0.25) is 9.20 Å². The molecule has 0 spiro atoms. The molecule has 0 fully saturated rings. The maximum atomic E-state index is 12.9. The van der Waals surface area contributed by atoms with Crippen LogP contribution < -0.4 is 16.4 Å². The molecule has 0 radical (unpaired) electrons. The molecular formula is C27H31N5O. The first kappa shape index (κ1) is 22.6. The summed E-state index contributed by atoms with van der Waals surface area (Å²) in [5, 5.41) is 6.58. The Morgan fingerprint density at radius 2 is 1.79 bits per heavy atom. The van der Waals surface area contributed by atoms with Gasteiger partial charge in [0.1, 0.15) is 17.2 Å². The van der Waals surface area contributed by atoms with Gasteiger partial charge in [0.2, 0.25) is 0 Å². The van der Waals surface area contributed by atoms with Crippen LogP contribution in [0.1, 0.15) is 47.8 Å². The summed E-state index contributed by atoms with van der Waals surface area (Å²) in [4.78, 5) is 17.8. The number of hydrogen-bond donors (Lipinski definition) is 3. The van der Waals surface area contributed by atoms with Gasteiger partial charge < -0.3 is 16.4 Å². The first-order chi connectivity index (χ1) is 15.7. The fraction of sp³-hybridized carbons (Fsp3) is 0.259. The normalized spacial score (nSPS) is 11.5. The van der Waals surface area contributed by atoms with Gasteiger partial charge in [-0.05, 0) is 57.0 Å². The molecule has 4 rings (SSSR count). The van der Waals surface area contributed by atoms with E-state index in [9.17, 15) is 4.79 Å². The molecule has 2 aromatic heterocycles. The maximum absolute atomic E-state index is 12.9. The number of imidazole rings is 1. The second kappa shape index (κ2) is 9.08. The van der Waals surface area contributed by atoms with E-state index in [4.69, 9.17) is 10.7 Å². The molecule has 0 saturated carbocycles. The van der Waals surface area contributed by atoms with E-state index in [-0.39, 0.29) is 11.4 Å². The van der Waals surface area contributed by atoms with Crippen molar-refractivity contribution in [3.63, 3.8) is 0 Å². The molecule has 0 aliphatic heterocycles. The summed E-state index contributed by atoms with van der Waals surface area (Å²) in [6.07, 6.45) is 1.90. The van der Waals surface area contributed by atoms with Gasteiger partial charge in [-0.1, -0.05) is 48.0 Å². The minimum absolute atomic E-state index is 0.138. The number of benzene rings is 2. The maximum Gasteiger partial charge on any atom is 0.251 e. The van der Waals surface area contributed by atoms with E-state index in [0.29, 0.717) is 18.7 Å². The topological polar surface area (TPSA) is 84.5 Å². The number of carbonyl (C=O) groups is 1. The third-order valence-corrected chi connectivity index (χ3v) is 5.35. The number of anilines is 1. The minimum atomic E-state index is -0.150. The van der Waals surface area contributed by atoms with Gasteiger partial charge in [0.25, 0.3) is 5.91 Å². The van der Waals surface area contributed by atoms with Crippen LogP contribution in [0.3, 0.4) is 0 Å². The highest BCUT2D eigenvalue weighted by atomic mass is 16.1. The van der Waals surface area contributed by atoms with Crippen LogP contribution in [0, 0.1) is 6.92 Å². The molecule has 0 atom stereocenters. The Kier molecular flexibility index (Phi) is 6.20. The number of nitrogens with two attached hydrogens (primary N) is 1. The lowest BCUT2D eigenvalue weighted by atomic mass is 10.1. The van der Waals surface area contributed by atoms with E-state index < -0.39 is 0 Å². The van der Waals surface area contributed by atoms with E-state index in [1.807, 2.05) is 53.1 Å². The van der Waals surface area contributed by atoms with Crippen molar-refractivity contribution < 1.29 is 4.79 Å². The number of hydrogen-bond acceptors (Lipinski definition) is 4. The Balaban J connectivity index is 1.66. The molecule has 2 aromatic carbocycles. The van der Waals surface area contributed by atoms with Gasteiger partial charge in [-0.25, -0.2) is 4.98 Å². The zero-order valence-corrected chi connectivity index (χ0v) is 19.6. The van der Waals surface area contributed by atoms with Crippen LogP contribution in [-0.2, 0) is 13.1 Å². The van der Waals surface area contributed by atoms with Crippen molar-refractivity contribution in [2.45, 2.75) is 46.3 Å². The molecule has 1 amide bonds. The standard InChI is InChI=1S/C27H31N5O/c1-18-7-5-10-21(13-18)24-25(31-27(2,3)4)32-12-11-22(15-23(32)30-24)26(33)29-17-20-9-6-8-19(14-20)16-28/h5-15,31H,16-17,28H2,1-4H3,(H,29,33). The van der Waals surface area contributed by atoms with Crippen LogP contribution in [0.25, 0.3) is 16.9 Å². The first-order valence-electron chi connectivity index (χ1n) is 11.2. The number of rotatable bonds is 6. The van der Waals surface area contributed by atoms with E-state index in [1.165, 1.54) is 5.56 Å². The van der Waals surface area contributed by atoms with Crippen molar-refractivity contribution in [1.82, 2.24) is 14.7 Å². The van der Waals surface area contributed by atoms with Crippen LogP contribution in [0.5, 0.6) is 0 Å². The number of carbonyl (C=O) groups excluding carboxylic acids is 1. The minimum Gasteiger partial charge on any atom is -0.365 e. The summed E-state index contributed by atoms with van der Waals surface area (Å²) in [5.74, 6) is 0.773. The van der Waals surface area contributed by atoms with Gasteiger partial charge in [-0.2, -0.15) is 0 Å². The van der Waals surface area contributed by atoms with Crippen LogP contribution in [0.2, 0.25) is 0 Å². The average molecular weight is 442 g/mol. The van der Waals surface area contributed by atoms with Gasteiger partial charge in [0, 0.05) is 36.0 Å². The lowest BCUT2D eigenvalue weighted by molar-refractivity contribution is 0.0951. The smallest absolute Gasteiger partial charge is 0.251 e. The van der Waals surface area contributed by atoms with Crippen molar-refractivity contribution in [1.29, 1.82) is 0 Å². The Hall–Kier alpha value is -3.64. The number of nitrogens with zero attached hydrogens (tertiary/aromatic N) is 2. The molecule has 170 valence electrons. The predicted molar refractivity (Wildman–Crippen MR) is 134 cm³/mol. The Morgan fingerprint density at radius 3 is 2.52 bits per heavy atom. The summed E-state index contributed by atoms with van der Waals surface area (Å²) in [6, 6.07) is 19.9. The molecule has 0 aliphatic rings. The van der Waals surface area contributed by atoms with Crippen molar-refractivity contribution >= 4 is 17.4 Å². The highest BCUT2D eigenvalue weighted by molar-refractivity contribution is 5.95. The Bertz CT molecular complexity index is 1300. The predicted octanol–water partition coefficient (Wildman–Crippen LogP) is 4.91. The molecule has 33 heavy (non-hydrogen) atoms. The summed E-state index contributed by atoms with van der Waals surface area (Å²) < 4.78 is 2.00. The zero-order chi connectivity index (χ0) is 23.6. The molecule has 2 heterocycles. The number of nitrogens with one attached hydrogen (secondary N) is 2. The number of aryl methyl sites for hydroxylation is 1. The molecular weight excluding hydrogens is 410 g/mol. The summed E-state index contributed by atoms with van der Waals surface area (Å²) >= 11 is 0. The van der Waals surface area contributed by atoms with Gasteiger partial charge in [0.05, 0.1) is 0 Å². The third kappa shape index (κ3) is 5.23. The second-order valence-corrected chi connectivity index (χ2v) is 9.40. The highest BCUT2D eigenvalue weighted by Crippen LogP contribution is 2.31. The summed E-state index contributed by atoms with van der Waals surface area (Å²) in [5.41, 5.74) is 12.0. The van der Waals surface area contributed by atoms with Crippen LogP contribution >= 0.6 is 0 Å².